The van der Waals surface area contributed by atoms with Gasteiger partial charge in [0.05, 0.1) is 11.1 Å². The summed E-state index contributed by atoms with van der Waals surface area (Å²) in [5.74, 6) is 0. The molecule has 1 aromatic rings. The highest BCUT2D eigenvalue weighted by Gasteiger charge is 2.08. The van der Waals surface area contributed by atoms with Gasteiger partial charge in [0.15, 0.2) is 0 Å². The molecule has 0 aromatic heterocycles. The molecule has 0 unspecified atom stereocenters. The number of allylic oxidation sites excluding steroid dienone is 1. The highest BCUT2D eigenvalue weighted by Crippen LogP contribution is 2.31. The average Bonchev–Trinajstić information content (AvgIpc) is 2.30. The van der Waals surface area contributed by atoms with Crippen LogP contribution in [0.2, 0.25) is 0 Å². The summed E-state index contributed by atoms with van der Waals surface area (Å²) >= 11 is 7.83. The lowest BCUT2D eigenvalue weighted by Gasteiger charge is -2.07. The summed E-state index contributed by atoms with van der Waals surface area (Å²) in [5.41, 5.74) is 1.59. The molecule has 78 valence electrons. The molecule has 0 saturated carbocycles. The van der Waals surface area contributed by atoms with E-state index in [9.17, 15) is 0 Å². The van der Waals surface area contributed by atoms with Crippen LogP contribution in [0.15, 0.2) is 34.7 Å². The van der Waals surface area contributed by atoms with Crippen LogP contribution in [-0.2, 0) is 0 Å². The van der Waals surface area contributed by atoms with E-state index in [1.54, 1.807) is 11.8 Å². The summed E-state index contributed by atoms with van der Waals surface area (Å²) in [6.07, 6.45) is 2.67. The van der Waals surface area contributed by atoms with Crippen molar-refractivity contribution in [2.24, 2.45) is 0 Å². The van der Waals surface area contributed by atoms with Crippen molar-refractivity contribution < 1.29 is 0 Å². The van der Waals surface area contributed by atoms with Crippen molar-refractivity contribution >= 4 is 28.4 Å². The number of rotatable bonds is 3. The summed E-state index contributed by atoms with van der Waals surface area (Å²) in [6, 6.07) is 9.99. The molecule has 0 N–H and O–H groups in total. The van der Waals surface area contributed by atoms with Crippen molar-refractivity contribution in [3.05, 3.63) is 35.4 Å². The molecule has 1 rings (SSSR count). The van der Waals surface area contributed by atoms with Crippen LogP contribution in [-0.4, -0.2) is 6.26 Å². The van der Waals surface area contributed by atoms with Crippen LogP contribution < -0.4 is 0 Å². The number of nitriles is 1. The zero-order valence-electron chi connectivity index (χ0n) is 8.75. The van der Waals surface area contributed by atoms with E-state index in [2.05, 4.69) is 6.07 Å². The van der Waals surface area contributed by atoms with Crippen LogP contribution in [0, 0.1) is 11.3 Å². The van der Waals surface area contributed by atoms with Crippen LogP contribution >= 0.6 is 23.4 Å². The largest absolute Gasteiger partial charge is 0.193 e. The molecule has 0 fully saturated rings. The molecule has 0 atom stereocenters. The number of hydrogen-bond donors (Lipinski definition) is 0. The van der Waals surface area contributed by atoms with Gasteiger partial charge in [-0.25, -0.2) is 0 Å². The smallest absolute Gasteiger partial charge is 0.0962 e. The molecular formula is C12H12ClNS. The Morgan fingerprint density at radius 3 is 2.67 bits per heavy atom. The van der Waals surface area contributed by atoms with E-state index in [0.29, 0.717) is 17.0 Å². The third-order valence-corrected chi connectivity index (χ3v) is 3.32. The third kappa shape index (κ3) is 2.77. The van der Waals surface area contributed by atoms with Gasteiger partial charge in [-0.3, -0.25) is 0 Å². The Morgan fingerprint density at radius 2 is 2.13 bits per heavy atom. The zero-order chi connectivity index (χ0) is 11.3. The summed E-state index contributed by atoms with van der Waals surface area (Å²) in [7, 11) is 0. The minimum atomic E-state index is 0.574. The van der Waals surface area contributed by atoms with Crippen molar-refractivity contribution in [2.45, 2.75) is 18.2 Å². The topological polar surface area (TPSA) is 23.8 Å². The second-order valence-corrected chi connectivity index (χ2v) is 4.18. The highest BCUT2D eigenvalue weighted by molar-refractivity contribution is 7.98. The fraction of sp³-hybridized carbons (Fsp3) is 0.250. The number of nitrogens with zero attached hydrogens (tertiary/aromatic N) is 1. The van der Waals surface area contributed by atoms with Crippen molar-refractivity contribution in [1.29, 1.82) is 5.26 Å². The molecule has 0 saturated heterocycles. The van der Waals surface area contributed by atoms with Crippen LogP contribution in [0.5, 0.6) is 0 Å². The van der Waals surface area contributed by atoms with Crippen LogP contribution in [0.25, 0.3) is 5.03 Å². The number of thioether (sulfide) groups is 1. The van der Waals surface area contributed by atoms with Crippen molar-refractivity contribution in [2.75, 3.05) is 6.26 Å². The molecule has 3 heteroatoms. The maximum Gasteiger partial charge on any atom is 0.0962 e. The summed E-state index contributed by atoms with van der Waals surface area (Å²) in [6.45, 7) is 1.93. The van der Waals surface area contributed by atoms with Crippen LogP contribution in [0.1, 0.15) is 18.9 Å². The average molecular weight is 238 g/mol. The Balaban J connectivity index is 3.28. The monoisotopic (exact) mass is 237 g/mol. The first kappa shape index (κ1) is 12.2. The Hall–Kier alpha value is -0.910. The van der Waals surface area contributed by atoms with E-state index < -0.39 is 0 Å². The van der Waals surface area contributed by atoms with E-state index in [1.807, 2.05) is 37.4 Å². The van der Waals surface area contributed by atoms with Gasteiger partial charge in [-0.05, 0) is 18.7 Å². The van der Waals surface area contributed by atoms with E-state index in [4.69, 9.17) is 16.9 Å². The predicted octanol–water partition coefficient (Wildman–Crippen LogP) is 4.29. The maximum absolute atomic E-state index is 8.92. The van der Waals surface area contributed by atoms with Gasteiger partial charge in [0.2, 0.25) is 0 Å². The van der Waals surface area contributed by atoms with Gasteiger partial charge < -0.3 is 0 Å². The molecule has 1 aromatic carbocycles. The van der Waals surface area contributed by atoms with Crippen LogP contribution in [0.4, 0.5) is 0 Å². The van der Waals surface area contributed by atoms with Gasteiger partial charge in [-0.15, -0.1) is 11.8 Å². The molecule has 1 nitrogen and oxygen atoms in total. The normalized spacial score (nSPS) is 11.9. The number of halogens is 1. The van der Waals surface area contributed by atoms with Gasteiger partial charge in [-0.2, -0.15) is 5.26 Å². The minimum absolute atomic E-state index is 0.574. The Labute approximate surface area is 99.8 Å². The lowest BCUT2D eigenvalue weighted by atomic mass is 10.1. The van der Waals surface area contributed by atoms with Gasteiger partial charge in [0.25, 0.3) is 0 Å². The molecular weight excluding hydrogens is 226 g/mol. The Bertz CT molecular complexity index is 418. The van der Waals surface area contributed by atoms with Crippen molar-refractivity contribution in [3.8, 4) is 6.07 Å². The number of benzene rings is 1. The lowest BCUT2D eigenvalue weighted by Crippen LogP contribution is -1.86. The van der Waals surface area contributed by atoms with Gasteiger partial charge >= 0.3 is 0 Å². The van der Waals surface area contributed by atoms with E-state index in [-0.39, 0.29) is 0 Å². The predicted molar refractivity (Wildman–Crippen MR) is 66.9 cm³/mol. The molecule has 0 amide bonds. The summed E-state index contributed by atoms with van der Waals surface area (Å²) in [4.78, 5) is 1.10. The second-order valence-electron chi connectivity index (χ2n) is 2.96. The van der Waals surface area contributed by atoms with E-state index in [1.165, 1.54) is 0 Å². The highest BCUT2D eigenvalue weighted by atomic mass is 35.5. The molecule has 0 aliphatic carbocycles. The molecule has 0 aliphatic rings. The fourth-order valence-corrected chi connectivity index (χ4v) is 2.27. The standard InChI is InChI=1S/C12H12ClNS/c1-3-9(8-14)12(13)10-6-4-5-7-11(10)15-2/h4-7H,3H2,1-2H3. The first-order valence-corrected chi connectivity index (χ1v) is 6.27. The van der Waals surface area contributed by atoms with Gasteiger partial charge in [-0.1, -0.05) is 36.7 Å². The zero-order valence-corrected chi connectivity index (χ0v) is 10.3. The van der Waals surface area contributed by atoms with E-state index in [0.717, 1.165) is 10.5 Å². The molecule has 0 bridgehead atoms. The van der Waals surface area contributed by atoms with Gasteiger partial charge in [0.1, 0.15) is 0 Å². The number of hydrogen-bond acceptors (Lipinski definition) is 2. The molecule has 0 aliphatic heterocycles. The molecule has 15 heavy (non-hydrogen) atoms. The maximum atomic E-state index is 8.92. The first-order chi connectivity index (χ1) is 7.24. The quantitative estimate of drug-likeness (QED) is 0.578. The molecule has 0 radical (unpaired) electrons. The fourth-order valence-electron chi connectivity index (χ4n) is 1.27. The summed E-state index contributed by atoms with van der Waals surface area (Å²) < 4.78 is 0. The molecule has 0 spiro atoms. The second kappa shape index (κ2) is 5.85. The Morgan fingerprint density at radius 1 is 1.47 bits per heavy atom. The Kier molecular flexibility index (Phi) is 4.74. The lowest BCUT2D eigenvalue weighted by molar-refractivity contribution is 1.16. The molecule has 0 heterocycles. The first-order valence-electron chi connectivity index (χ1n) is 4.66. The van der Waals surface area contributed by atoms with E-state index >= 15 is 0 Å². The third-order valence-electron chi connectivity index (χ3n) is 2.10. The SMILES string of the molecule is CCC(C#N)=C(Cl)c1ccccc1SC. The van der Waals surface area contributed by atoms with Crippen molar-refractivity contribution in [3.63, 3.8) is 0 Å². The van der Waals surface area contributed by atoms with Gasteiger partial charge in [0, 0.05) is 16.0 Å². The summed E-state index contributed by atoms with van der Waals surface area (Å²) in [5, 5.41) is 9.50. The van der Waals surface area contributed by atoms with Crippen LogP contribution in [0.3, 0.4) is 0 Å². The minimum Gasteiger partial charge on any atom is -0.193 e. The van der Waals surface area contributed by atoms with Crippen molar-refractivity contribution in [1.82, 2.24) is 0 Å².